The Bertz CT molecular complexity index is 801. The Morgan fingerprint density at radius 1 is 1.19 bits per heavy atom. The number of carbonyl (C=O) groups excluding carboxylic acids is 2. The van der Waals surface area contributed by atoms with Gasteiger partial charge in [-0.15, -0.1) is 0 Å². The van der Waals surface area contributed by atoms with Crippen LogP contribution in [0.25, 0.3) is 0 Å². The lowest BCUT2D eigenvalue weighted by molar-refractivity contribution is -0.129. The zero-order chi connectivity index (χ0) is 18.7. The van der Waals surface area contributed by atoms with Gasteiger partial charge in [-0.05, 0) is 37.5 Å². The van der Waals surface area contributed by atoms with Crippen molar-refractivity contribution in [2.45, 2.75) is 39.8 Å². The Kier molecular flexibility index (Phi) is 5.40. The van der Waals surface area contributed by atoms with Crippen LogP contribution in [0.1, 0.15) is 41.6 Å². The highest BCUT2D eigenvalue weighted by Crippen LogP contribution is 2.23. The fraction of sp³-hybridized carbons (Fsp3) is 0.364. The topological polar surface area (TPSA) is 49.4 Å². The molecule has 4 heteroatoms. The molecule has 136 valence electrons. The monoisotopic (exact) mass is 350 g/mol. The SMILES string of the molecule is Cc1ccc(C)c(C(C)NC(=O)C2CC(=O)N(Cc3ccccc3)C2)c1. The molecule has 3 rings (SSSR count). The first-order valence-electron chi connectivity index (χ1n) is 9.13. The lowest BCUT2D eigenvalue weighted by Crippen LogP contribution is -2.34. The summed E-state index contributed by atoms with van der Waals surface area (Å²) in [7, 11) is 0. The largest absolute Gasteiger partial charge is 0.349 e. The maximum Gasteiger partial charge on any atom is 0.225 e. The molecule has 4 nitrogen and oxygen atoms in total. The molecule has 0 saturated carbocycles. The molecule has 1 heterocycles. The predicted octanol–water partition coefficient (Wildman–Crippen LogP) is 3.53. The van der Waals surface area contributed by atoms with Crippen molar-refractivity contribution in [3.05, 3.63) is 70.8 Å². The molecule has 2 aromatic carbocycles. The summed E-state index contributed by atoms with van der Waals surface area (Å²) in [6.07, 6.45) is 0.290. The van der Waals surface area contributed by atoms with Crippen LogP contribution in [-0.2, 0) is 16.1 Å². The van der Waals surface area contributed by atoms with Crippen molar-refractivity contribution in [2.24, 2.45) is 5.92 Å². The molecular weight excluding hydrogens is 324 g/mol. The Labute approximate surface area is 155 Å². The minimum absolute atomic E-state index is 0.0395. The van der Waals surface area contributed by atoms with Crippen LogP contribution in [0.4, 0.5) is 0 Å². The highest BCUT2D eigenvalue weighted by Gasteiger charge is 2.34. The number of amides is 2. The van der Waals surface area contributed by atoms with E-state index in [4.69, 9.17) is 0 Å². The van der Waals surface area contributed by atoms with Crippen molar-refractivity contribution in [1.29, 1.82) is 0 Å². The molecule has 2 atom stereocenters. The average Bonchev–Trinajstić information content (AvgIpc) is 2.98. The van der Waals surface area contributed by atoms with Gasteiger partial charge >= 0.3 is 0 Å². The van der Waals surface area contributed by atoms with Crippen LogP contribution in [0, 0.1) is 19.8 Å². The van der Waals surface area contributed by atoms with Gasteiger partial charge < -0.3 is 10.2 Å². The Morgan fingerprint density at radius 3 is 2.65 bits per heavy atom. The van der Waals surface area contributed by atoms with Crippen LogP contribution in [0.15, 0.2) is 48.5 Å². The summed E-state index contributed by atoms with van der Waals surface area (Å²) >= 11 is 0. The number of likely N-dealkylation sites (tertiary alicyclic amines) is 1. The van der Waals surface area contributed by atoms with Crippen LogP contribution in [0.5, 0.6) is 0 Å². The molecule has 1 aliphatic rings. The number of hydrogen-bond donors (Lipinski definition) is 1. The molecule has 0 aliphatic carbocycles. The molecule has 2 amide bonds. The summed E-state index contributed by atoms with van der Waals surface area (Å²) in [5.74, 6) is -0.269. The lowest BCUT2D eigenvalue weighted by Gasteiger charge is -2.20. The fourth-order valence-corrected chi connectivity index (χ4v) is 3.54. The normalized spacial score (nSPS) is 18.0. The fourth-order valence-electron chi connectivity index (χ4n) is 3.54. The first kappa shape index (κ1) is 18.2. The van der Waals surface area contributed by atoms with Gasteiger partial charge in [-0.25, -0.2) is 0 Å². The van der Waals surface area contributed by atoms with Gasteiger partial charge in [0.15, 0.2) is 0 Å². The molecule has 2 unspecified atom stereocenters. The highest BCUT2D eigenvalue weighted by molar-refractivity contribution is 5.89. The third-order valence-corrected chi connectivity index (χ3v) is 5.06. The highest BCUT2D eigenvalue weighted by atomic mass is 16.2. The zero-order valence-corrected chi connectivity index (χ0v) is 15.7. The van der Waals surface area contributed by atoms with Gasteiger partial charge in [-0.2, -0.15) is 0 Å². The second-order valence-electron chi connectivity index (χ2n) is 7.25. The summed E-state index contributed by atoms with van der Waals surface area (Å²) in [6.45, 7) is 7.15. The number of nitrogens with zero attached hydrogens (tertiary/aromatic N) is 1. The van der Waals surface area contributed by atoms with Gasteiger partial charge in [-0.3, -0.25) is 9.59 Å². The van der Waals surface area contributed by atoms with Crippen molar-refractivity contribution < 1.29 is 9.59 Å². The van der Waals surface area contributed by atoms with E-state index < -0.39 is 0 Å². The number of aryl methyl sites for hydroxylation is 2. The second-order valence-corrected chi connectivity index (χ2v) is 7.25. The second kappa shape index (κ2) is 7.73. The molecule has 0 spiro atoms. The molecule has 0 radical (unpaired) electrons. The number of nitrogens with one attached hydrogen (secondary N) is 1. The summed E-state index contributed by atoms with van der Waals surface area (Å²) in [5, 5.41) is 3.09. The summed E-state index contributed by atoms with van der Waals surface area (Å²) < 4.78 is 0. The molecule has 0 aromatic heterocycles. The van der Waals surface area contributed by atoms with Crippen LogP contribution >= 0.6 is 0 Å². The van der Waals surface area contributed by atoms with Crippen molar-refractivity contribution in [1.82, 2.24) is 10.2 Å². The van der Waals surface area contributed by atoms with E-state index in [-0.39, 0.29) is 30.2 Å². The number of rotatable bonds is 5. The molecule has 2 aromatic rings. The first-order chi connectivity index (χ1) is 12.4. The Balaban J connectivity index is 1.62. The quantitative estimate of drug-likeness (QED) is 0.897. The van der Waals surface area contributed by atoms with Gasteiger partial charge in [0.05, 0.1) is 12.0 Å². The number of hydrogen-bond acceptors (Lipinski definition) is 2. The van der Waals surface area contributed by atoms with Crippen molar-refractivity contribution in [3.8, 4) is 0 Å². The number of carbonyl (C=O) groups is 2. The minimum Gasteiger partial charge on any atom is -0.349 e. The van der Waals surface area contributed by atoms with Crippen molar-refractivity contribution in [2.75, 3.05) is 6.54 Å². The van der Waals surface area contributed by atoms with E-state index in [0.717, 1.165) is 16.7 Å². The first-order valence-corrected chi connectivity index (χ1v) is 9.13. The predicted molar refractivity (Wildman–Crippen MR) is 102 cm³/mol. The molecule has 1 aliphatic heterocycles. The molecule has 26 heavy (non-hydrogen) atoms. The van der Waals surface area contributed by atoms with E-state index in [1.54, 1.807) is 4.90 Å². The lowest BCUT2D eigenvalue weighted by atomic mass is 9.99. The van der Waals surface area contributed by atoms with E-state index in [0.29, 0.717) is 13.1 Å². The number of benzene rings is 2. The summed E-state index contributed by atoms with van der Waals surface area (Å²) in [5.41, 5.74) is 4.56. The standard InChI is InChI=1S/C22H26N2O2/c1-15-9-10-16(2)20(11-15)17(3)23-22(26)19-12-21(25)24(14-19)13-18-7-5-4-6-8-18/h4-11,17,19H,12-14H2,1-3H3,(H,23,26). The maximum atomic E-state index is 12.7. The van der Waals surface area contributed by atoms with Gasteiger partial charge in [0.2, 0.25) is 11.8 Å². The molecule has 1 fully saturated rings. The third kappa shape index (κ3) is 4.13. The van der Waals surface area contributed by atoms with Crippen LogP contribution in [-0.4, -0.2) is 23.3 Å². The Morgan fingerprint density at radius 2 is 1.92 bits per heavy atom. The van der Waals surface area contributed by atoms with Gasteiger partial charge in [0.1, 0.15) is 0 Å². The smallest absolute Gasteiger partial charge is 0.225 e. The Hall–Kier alpha value is -2.62. The summed E-state index contributed by atoms with van der Waals surface area (Å²) in [4.78, 5) is 26.8. The van der Waals surface area contributed by atoms with Gasteiger partial charge in [0, 0.05) is 19.5 Å². The van der Waals surface area contributed by atoms with Gasteiger partial charge in [0.25, 0.3) is 0 Å². The third-order valence-electron chi connectivity index (χ3n) is 5.06. The van der Waals surface area contributed by atoms with E-state index in [2.05, 4.69) is 37.4 Å². The zero-order valence-electron chi connectivity index (χ0n) is 15.7. The average molecular weight is 350 g/mol. The maximum absolute atomic E-state index is 12.7. The molecule has 1 N–H and O–H groups in total. The van der Waals surface area contributed by atoms with Crippen LogP contribution in [0.3, 0.4) is 0 Å². The summed E-state index contributed by atoms with van der Waals surface area (Å²) in [6, 6.07) is 16.1. The molecule has 0 bridgehead atoms. The van der Waals surface area contributed by atoms with Gasteiger partial charge in [-0.1, -0.05) is 54.1 Å². The van der Waals surface area contributed by atoms with Crippen LogP contribution < -0.4 is 5.32 Å². The van der Waals surface area contributed by atoms with Crippen LogP contribution in [0.2, 0.25) is 0 Å². The van der Waals surface area contributed by atoms with Crippen molar-refractivity contribution >= 4 is 11.8 Å². The molecule has 1 saturated heterocycles. The van der Waals surface area contributed by atoms with E-state index in [9.17, 15) is 9.59 Å². The van der Waals surface area contributed by atoms with E-state index >= 15 is 0 Å². The van der Waals surface area contributed by atoms with E-state index in [1.807, 2.05) is 37.3 Å². The minimum atomic E-state index is -0.279. The van der Waals surface area contributed by atoms with Crippen molar-refractivity contribution in [3.63, 3.8) is 0 Å². The molecular formula is C22H26N2O2. The van der Waals surface area contributed by atoms with E-state index in [1.165, 1.54) is 5.56 Å².